The van der Waals surface area contributed by atoms with Gasteiger partial charge in [0.15, 0.2) is 0 Å². The Balaban J connectivity index is 0. The standard InChI is InChI=1S/C18H34O3.C16H34O/c1-2-3-4-11-14-17(19)15-12-9-7-5-6-8-10-13-16-18(20)21;1-2-3-4-5-6-7-8-9-10-11-12-13-14-15-16-17/h9,12,17,19H,2-8,10-11,13-16H2,1H3,(H,20,21);17H,2-16H2,1H3/b12-9-;. The van der Waals surface area contributed by atoms with E-state index in [1.807, 2.05) is 0 Å². The third-order valence-electron chi connectivity index (χ3n) is 7.24. The van der Waals surface area contributed by atoms with Gasteiger partial charge in [0, 0.05) is 13.0 Å². The minimum atomic E-state index is -0.689. The van der Waals surface area contributed by atoms with Gasteiger partial charge in [0.25, 0.3) is 0 Å². The monoisotopic (exact) mass is 541 g/mol. The molecule has 0 aromatic carbocycles. The van der Waals surface area contributed by atoms with E-state index in [-0.39, 0.29) is 6.10 Å². The van der Waals surface area contributed by atoms with Gasteiger partial charge in [-0.2, -0.15) is 0 Å². The van der Waals surface area contributed by atoms with Crippen LogP contribution in [0.25, 0.3) is 0 Å². The zero-order chi connectivity index (χ0) is 28.4. The van der Waals surface area contributed by atoms with Crippen LogP contribution in [0.5, 0.6) is 0 Å². The smallest absolute Gasteiger partial charge is 0.303 e. The molecule has 0 bridgehead atoms. The Labute approximate surface area is 238 Å². The molecule has 0 radical (unpaired) electrons. The fourth-order valence-corrected chi connectivity index (χ4v) is 4.67. The number of aliphatic hydroxyl groups excluding tert-OH is 2. The highest BCUT2D eigenvalue weighted by Crippen LogP contribution is 2.13. The van der Waals surface area contributed by atoms with Gasteiger partial charge in [0.05, 0.1) is 6.10 Å². The van der Waals surface area contributed by atoms with Crippen molar-refractivity contribution < 1.29 is 20.1 Å². The van der Waals surface area contributed by atoms with Gasteiger partial charge in [-0.3, -0.25) is 4.79 Å². The number of rotatable bonds is 29. The number of aliphatic carboxylic acids is 1. The van der Waals surface area contributed by atoms with Crippen LogP contribution in [0.15, 0.2) is 12.2 Å². The Bertz CT molecular complexity index is 449. The predicted molar refractivity (Wildman–Crippen MR) is 166 cm³/mol. The molecule has 0 aromatic rings. The lowest BCUT2D eigenvalue weighted by molar-refractivity contribution is -0.137. The van der Waals surface area contributed by atoms with E-state index in [4.69, 9.17) is 10.2 Å². The molecule has 228 valence electrons. The first-order valence-electron chi connectivity index (χ1n) is 16.7. The lowest BCUT2D eigenvalue weighted by Crippen LogP contribution is -2.04. The van der Waals surface area contributed by atoms with E-state index in [0.717, 1.165) is 57.8 Å². The van der Waals surface area contributed by atoms with E-state index < -0.39 is 5.97 Å². The summed E-state index contributed by atoms with van der Waals surface area (Å²) in [4.78, 5) is 10.3. The summed E-state index contributed by atoms with van der Waals surface area (Å²) in [6.45, 7) is 4.85. The van der Waals surface area contributed by atoms with Gasteiger partial charge in [-0.25, -0.2) is 0 Å². The highest BCUT2D eigenvalue weighted by atomic mass is 16.4. The Kier molecular flexibility index (Phi) is 37.3. The SMILES string of the molecule is CCCCCCC(O)C/C=C\CCCCCCCC(=O)O.CCCCCCCCCCCCCCCCO. The average molecular weight is 541 g/mol. The van der Waals surface area contributed by atoms with Gasteiger partial charge >= 0.3 is 5.97 Å². The molecule has 0 amide bonds. The minimum Gasteiger partial charge on any atom is -0.481 e. The van der Waals surface area contributed by atoms with Crippen LogP contribution in [0, 0.1) is 0 Å². The molecule has 3 N–H and O–H groups in total. The molecule has 4 heteroatoms. The maximum Gasteiger partial charge on any atom is 0.303 e. The number of hydrogen-bond acceptors (Lipinski definition) is 3. The molecule has 0 fully saturated rings. The van der Waals surface area contributed by atoms with Crippen molar-refractivity contribution in [1.82, 2.24) is 0 Å². The van der Waals surface area contributed by atoms with E-state index in [1.54, 1.807) is 0 Å². The second-order valence-electron chi connectivity index (χ2n) is 11.2. The van der Waals surface area contributed by atoms with Gasteiger partial charge in [-0.15, -0.1) is 0 Å². The van der Waals surface area contributed by atoms with Crippen LogP contribution >= 0.6 is 0 Å². The zero-order valence-electron chi connectivity index (χ0n) is 25.8. The summed E-state index contributed by atoms with van der Waals surface area (Å²) in [5.74, 6) is -0.689. The van der Waals surface area contributed by atoms with E-state index in [9.17, 15) is 9.90 Å². The lowest BCUT2D eigenvalue weighted by Gasteiger charge is -2.07. The van der Waals surface area contributed by atoms with Crippen molar-refractivity contribution in [2.24, 2.45) is 0 Å². The second kappa shape index (κ2) is 36.1. The Hall–Kier alpha value is -0.870. The molecule has 0 saturated heterocycles. The molecule has 0 aliphatic heterocycles. The van der Waals surface area contributed by atoms with Gasteiger partial charge < -0.3 is 15.3 Å². The fraction of sp³-hybridized carbons (Fsp3) is 0.912. The summed E-state index contributed by atoms with van der Waals surface area (Å²) >= 11 is 0. The van der Waals surface area contributed by atoms with Gasteiger partial charge in [0.1, 0.15) is 0 Å². The summed E-state index contributed by atoms with van der Waals surface area (Å²) in [5.41, 5.74) is 0. The molecule has 38 heavy (non-hydrogen) atoms. The van der Waals surface area contributed by atoms with Gasteiger partial charge in [-0.05, 0) is 38.5 Å². The first-order chi connectivity index (χ1) is 18.6. The van der Waals surface area contributed by atoms with Crippen molar-refractivity contribution in [2.75, 3.05) is 6.61 Å². The van der Waals surface area contributed by atoms with E-state index in [0.29, 0.717) is 13.0 Å². The normalized spacial score (nSPS) is 12.0. The van der Waals surface area contributed by atoms with Gasteiger partial charge in [0.2, 0.25) is 0 Å². The van der Waals surface area contributed by atoms with Crippen molar-refractivity contribution >= 4 is 5.97 Å². The zero-order valence-corrected chi connectivity index (χ0v) is 25.8. The van der Waals surface area contributed by atoms with Crippen molar-refractivity contribution in [2.45, 2.75) is 193 Å². The Morgan fingerprint density at radius 2 is 1.00 bits per heavy atom. The van der Waals surface area contributed by atoms with Crippen LogP contribution < -0.4 is 0 Å². The first kappa shape index (κ1) is 39.3. The van der Waals surface area contributed by atoms with Crippen LogP contribution in [0.4, 0.5) is 0 Å². The van der Waals surface area contributed by atoms with Crippen LogP contribution in [0.1, 0.15) is 187 Å². The molecule has 0 spiro atoms. The summed E-state index contributed by atoms with van der Waals surface area (Å²) in [7, 11) is 0. The predicted octanol–water partition coefficient (Wildman–Crippen LogP) is 10.5. The molecule has 0 aliphatic rings. The van der Waals surface area contributed by atoms with Crippen molar-refractivity contribution in [3.05, 3.63) is 12.2 Å². The Morgan fingerprint density at radius 3 is 1.47 bits per heavy atom. The van der Waals surface area contributed by atoms with Crippen molar-refractivity contribution in [1.29, 1.82) is 0 Å². The molecule has 0 heterocycles. The molecule has 1 atom stereocenters. The van der Waals surface area contributed by atoms with Crippen LogP contribution in [0.2, 0.25) is 0 Å². The lowest BCUT2D eigenvalue weighted by atomic mass is 10.0. The van der Waals surface area contributed by atoms with Crippen LogP contribution in [-0.2, 0) is 4.79 Å². The molecule has 4 nitrogen and oxygen atoms in total. The van der Waals surface area contributed by atoms with Gasteiger partial charge in [-0.1, -0.05) is 154 Å². The number of hydrogen-bond donors (Lipinski definition) is 3. The highest BCUT2D eigenvalue weighted by Gasteiger charge is 2.01. The number of allylic oxidation sites excluding steroid dienone is 1. The van der Waals surface area contributed by atoms with E-state index >= 15 is 0 Å². The third-order valence-corrected chi connectivity index (χ3v) is 7.24. The number of unbranched alkanes of at least 4 members (excludes halogenated alkanes) is 21. The average Bonchev–Trinajstić information content (AvgIpc) is 2.90. The summed E-state index contributed by atoms with van der Waals surface area (Å²) in [6.07, 6.45) is 36.6. The number of carboxylic acids is 1. The van der Waals surface area contributed by atoms with Crippen molar-refractivity contribution in [3.63, 3.8) is 0 Å². The topological polar surface area (TPSA) is 77.8 Å². The largest absolute Gasteiger partial charge is 0.481 e. The van der Waals surface area contributed by atoms with Crippen LogP contribution in [0.3, 0.4) is 0 Å². The number of carboxylic acid groups (broad SMARTS) is 1. The van der Waals surface area contributed by atoms with Crippen LogP contribution in [-0.4, -0.2) is 34.0 Å². The number of carbonyl (C=O) groups is 1. The fourth-order valence-electron chi connectivity index (χ4n) is 4.67. The molecule has 0 rings (SSSR count). The second-order valence-corrected chi connectivity index (χ2v) is 11.2. The van der Waals surface area contributed by atoms with E-state index in [2.05, 4.69) is 26.0 Å². The summed E-state index contributed by atoms with van der Waals surface area (Å²) in [5, 5.41) is 26.9. The highest BCUT2D eigenvalue weighted by molar-refractivity contribution is 5.66. The summed E-state index contributed by atoms with van der Waals surface area (Å²) < 4.78 is 0. The van der Waals surface area contributed by atoms with E-state index in [1.165, 1.54) is 109 Å². The number of aliphatic hydroxyl groups is 2. The molecule has 0 aromatic heterocycles. The Morgan fingerprint density at radius 1 is 0.579 bits per heavy atom. The third kappa shape index (κ3) is 39.6. The summed E-state index contributed by atoms with van der Waals surface area (Å²) in [6, 6.07) is 0. The quantitative estimate of drug-likeness (QED) is 0.0651. The van der Waals surface area contributed by atoms with Crippen molar-refractivity contribution in [3.8, 4) is 0 Å². The molecular weight excluding hydrogens is 472 g/mol. The molecule has 1 unspecified atom stereocenters. The minimum absolute atomic E-state index is 0.172. The molecule has 0 saturated carbocycles. The maximum atomic E-state index is 10.3. The first-order valence-corrected chi connectivity index (χ1v) is 16.7. The maximum absolute atomic E-state index is 10.3. The molecular formula is C34H68O4. The molecule has 0 aliphatic carbocycles.